The van der Waals surface area contributed by atoms with Gasteiger partial charge in [0.2, 0.25) is 11.8 Å². The van der Waals surface area contributed by atoms with Crippen LogP contribution in [-0.4, -0.2) is 109 Å². The van der Waals surface area contributed by atoms with Gasteiger partial charge in [0, 0.05) is 24.7 Å². The molecular formula is C29H36F2N6O10. The molecule has 0 radical (unpaired) electrons. The second kappa shape index (κ2) is 14.5. The van der Waals surface area contributed by atoms with Gasteiger partial charge in [-0.05, 0) is 50.3 Å². The van der Waals surface area contributed by atoms with Gasteiger partial charge in [0.05, 0.1) is 33.0 Å². The molecule has 47 heavy (non-hydrogen) atoms. The number of rotatable bonds is 12. The number of aliphatic carboxylic acids is 1. The van der Waals surface area contributed by atoms with Crippen LogP contribution in [0.25, 0.3) is 11.5 Å². The Labute approximate surface area is 267 Å². The van der Waals surface area contributed by atoms with Crippen molar-refractivity contribution in [3.8, 4) is 23.0 Å². The first kappa shape index (κ1) is 33.8. The molecule has 2 saturated heterocycles. The van der Waals surface area contributed by atoms with Crippen LogP contribution < -0.4 is 26.1 Å². The SMILES string of the molecule is COC(=O)NN[C@@H]1C[C@@H](C(=O)N2CCOCC2C(=O)O)N(C(=O)c2nc(-c3ccc(OC(F)F)c(OCC4CC4)c3)oc2[C@H](C)N)C1. The van der Waals surface area contributed by atoms with Gasteiger partial charge < -0.3 is 44.0 Å². The largest absolute Gasteiger partial charge is 0.489 e. The Morgan fingerprint density at radius 3 is 2.60 bits per heavy atom. The summed E-state index contributed by atoms with van der Waals surface area (Å²) in [7, 11) is 1.16. The number of morpholine rings is 1. The van der Waals surface area contributed by atoms with Gasteiger partial charge in [0.25, 0.3) is 5.91 Å². The molecule has 1 unspecified atom stereocenters. The maximum absolute atomic E-state index is 14.2. The number of hydrogen-bond donors (Lipinski definition) is 4. The lowest BCUT2D eigenvalue weighted by atomic mass is 10.1. The third-order valence-corrected chi connectivity index (χ3v) is 7.96. The molecule has 3 heterocycles. The average molecular weight is 667 g/mol. The summed E-state index contributed by atoms with van der Waals surface area (Å²) in [5.74, 6) is -2.53. The van der Waals surface area contributed by atoms with E-state index in [0.717, 1.165) is 24.9 Å². The summed E-state index contributed by atoms with van der Waals surface area (Å²) in [5, 5.41) is 9.71. The summed E-state index contributed by atoms with van der Waals surface area (Å²) in [4.78, 5) is 58.4. The van der Waals surface area contributed by atoms with Gasteiger partial charge in [0.1, 0.15) is 6.04 Å². The first-order valence-electron chi connectivity index (χ1n) is 15.0. The molecular weight excluding hydrogens is 630 g/mol. The Bertz CT molecular complexity index is 1490. The molecule has 1 aromatic carbocycles. The average Bonchev–Trinajstić information content (AvgIpc) is 3.60. The first-order valence-corrected chi connectivity index (χ1v) is 15.0. The van der Waals surface area contributed by atoms with E-state index < -0.39 is 54.7 Å². The van der Waals surface area contributed by atoms with Gasteiger partial charge in [0.15, 0.2) is 29.0 Å². The third kappa shape index (κ3) is 7.88. The van der Waals surface area contributed by atoms with Crippen LogP contribution in [-0.2, 0) is 19.1 Å². The van der Waals surface area contributed by atoms with E-state index in [1.165, 1.54) is 23.1 Å². The van der Waals surface area contributed by atoms with E-state index in [1.807, 2.05) is 0 Å². The number of nitrogens with two attached hydrogens (primary N) is 1. The number of likely N-dealkylation sites (tertiary alicyclic amines) is 1. The van der Waals surface area contributed by atoms with Crippen molar-refractivity contribution in [3.63, 3.8) is 0 Å². The number of carbonyl (C=O) groups excluding carboxylic acids is 3. The van der Waals surface area contributed by atoms with Crippen molar-refractivity contribution in [1.82, 2.24) is 25.6 Å². The molecule has 4 atom stereocenters. The van der Waals surface area contributed by atoms with Crippen molar-refractivity contribution < 1.29 is 56.4 Å². The molecule has 16 nitrogen and oxygen atoms in total. The number of ether oxygens (including phenoxy) is 4. The van der Waals surface area contributed by atoms with Gasteiger partial charge in [-0.3, -0.25) is 15.0 Å². The second-order valence-electron chi connectivity index (χ2n) is 11.4. The molecule has 256 valence electrons. The number of aromatic nitrogens is 1. The molecule has 0 bridgehead atoms. The number of halogens is 2. The monoisotopic (exact) mass is 666 g/mol. The Kier molecular flexibility index (Phi) is 10.4. The minimum atomic E-state index is -3.08. The van der Waals surface area contributed by atoms with Crippen LogP contribution in [0.3, 0.4) is 0 Å². The summed E-state index contributed by atoms with van der Waals surface area (Å²) in [5.41, 5.74) is 11.3. The fraction of sp³-hybridized carbons (Fsp3) is 0.552. The minimum Gasteiger partial charge on any atom is -0.489 e. The molecule has 3 aliphatic rings. The number of alkyl halides is 2. The van der Waals surface area contributed by atoms with Crippen LogP contribution >= 0.6 is 0 Å². The zero-order chi connectivity index (χ0) is 33.8. The van der Waals surface area contributed by atoms with Gasteiger partial charge >= 0.3 is 18.7 Å². The number of amides is 3. The van der Waals surface area contributed by atoms with Crippen LogP contribution in [0.4, 0.5) is 13.6 Å². The maximum Gasteiger partial charge on any atom is 0.421 e. The second-order valence-corrected chi connectivity index (χ2v) is 11.4. The molecule has 3 fully saturated rings. The van der Waals surface area contributed by atoms with Gasteiger partial charge in [-0.2, -0.15) is 8.78 Å². The number of carboxylic acids is 1. The van der Waals surface area contributed by atoms with E-state index >= 15 is 0 Å². The molecule has 18 heteroatoms. The number of carboxylic acid groups (broad SMARTS) is 1. The van der Waals surface area contributed by atoms with Crippen LogP contribution in [0.1, 0.15) is 48.5 Å². The van der Waals surface area contributed by atoms with Crippen molar-refractivity contribution in [2.45, 2.75) is 57.0 Å². The first-order chi connectivity index (χ1) is 22.5. The lowest BCUT2D eigenvalue weighted by Gasteiger charge is -2.36. The summed E-state index contributed by atoms with van der Waals surface area (Å²) < 4.78 is 52.3. The minimum absolute atomic E-state index is 0.00375. The fourth-order valence-electron chi connectivity index (χ4n) is 5.37. The highest BCUT2D eigenvalue weighted by molar-refractivity contribution is 5.98. The van der Waals surface area contributed by atoms with Gasteiger partial charge in [-0.1, -0.05) is 0 Å². The van der Waals surface area contributed by atoms with Crippen LogP contribution in [0, 0.1) is 5.92 Å². The van der Waals surface area contributed by atoms with E-state index in [1.54, 1.807) is 6.92 Å². The van der Waals surface area contributed by atoms with Gasteiger partial charge in [-0.15, -0.1) is 0 Å². The Hall–Kier alpha value is -4.55. The molecule has 1 aliphatic carbocycles. The summed E-state index contributed by atoms with van der Waals surface area (Å²) in [6.45, 7) is -1.44. The van der Waals surface area contributed by atoms with Crippen LogP contribution in [0.5, 0.6) is 11.5 Å². The van der Waals surface area contributed by atoms with Crippen molar-refractivity contribution in [3.05, 3.63) is 29.7 Å². The predicted octanol–water partition coefficient (Wildman–Crippen LogP) is 1.51. The van der Waals surface area contributed by atoms with Crippen molar-refractivity contribution in [2.75, 3.05) is 40.0 Å². The number of nitrogens with zero attached hydrogens (tertiary/aromatic N) is 3. The highest BCUT2D eigenvalue weighted by atomic mass is 19.3. The molecule has 1 saturated carbocycles. The van der Waals surface area contributed by atoms with E-state index in [2.05, 4.69) is 25.3 Å². The number of methoxy groups -OCH3 is 1. The molecule has 1 aromatic heterocycles. The lowest BCUT2D eigenvalue weighted by molar-refractivity contribution is -0.160. The summed E-state index contributed by atoms with van der Waals surface area (Å²) in [6.07, 6.45) is 1.13. The summed E-state index contributed by atoms with van der Waals surface area (Å²) in [6, 6.07) is 0.198. The van der Waals surface area contributed by atoms with E-state index in [4.69, 9.17) is 19.6 Å². The molecule has 2 aromatic rings. The topological polar surface area (TPSA) is 208 Å². The standard InChI is InChI=1S/C29H36F2N6O10/c1-14(32)23-22(33-24(47-23)16-5-6-20(46-28(30)31)21(9-16)45-12-15-3-4-15)26(39)37-11-17(34-35-29(42)43-2)10-18(37)25(38)36-7-8-44-13-19(36)27(40)41/h5-6,9,14-15,17-19,28,34H,3-4,7-8,10-13,32H2,1-2H3,(H,35,42)(H,40,41)/t14-,17+,18-,19?/m0/s1. The van der Waals surface area contributed by atoms with E-state index in [0.29, 0.717) is 12.5 Å². The molecule has 3 amide bonds. The Morgan fingerprint density at radius 2 is 1.94 bits per heavy atom. The number of hydrogen-bond acceptors (Lipinski definition) is 12. The molecule has 2 aliphatic heterocycles. The quantitative estimate of drug-likeness (QED) is 0.237. The van der Waals surface area contributed by atoms with Crippen LogP contribution in [0.15, 0.2) is 22.6 Å². The highest BCUT2D eigenvalue weighted by Gasteiger charge is 2.46. The van der Waals surface area contributed by atoms with Crippen molar-refractivity contribution >= 4 is 23.9 Å². The number of carbonyl (C=O) groups is 4. The zero-order valence-corrected chi connectivity index (χ0v) is 25.6. The molecule has 0 spiro atoms. The van der Waals surface area contributed by atoms with Gasteiger partial charge in [-0.25, -0.2) is 20.0 Å². The Morgan fingerprint density at radius 1 is 1.17 bits per heavy atom. The number of benzene rings is 1. The van der Waals surface area contributed by atoms with Crippen LogP contribution in [0.2, 0.25) is 0 Å². The molecule has 5 N–H and O–H groups in total. The Balaban J connectivity index is 1.46. The normalized spacial score (nSPS) is 21.8. The third-order valence-electron chi connectivity index (χ3n) is 7.96. The fourth-order valence-corrected chi connectivity index (χ4v) is 5.37. The summed E-state index contributed by atoms with van der Waals surface area (Å²) >= 11 is 0. The number of hydrazine groups is 1. The number of nitrogens with one attached hydrogen (secondary N) is 2. The van der Waals surface area contributed by atoms with E-state index in [-0.39, 0.29) is 67.1 Å². The zero-order valence-electron chi connectivity index (χ0n) is 25.6. The smallest absolute Gasteiger partial charge is 0.421 e. The highest BCUT2D eigenvalue weighted by Crippen LogP contribution is 2.37. The van der Waals surface area contributed by atoms with Crippen molar-refractivity contribution in [2.24, 2.45) is 11.7 Å². The van der Waals surface area contributed by atoms with E-state index in [9.17, 15) is 33.1 Å². The number of oxazole rings is 1. The lowest BCUT2D eigenvalue weighted by Crippen LogP contribution is -2.57. The van der Waals surface area contributed by atoms with Crippen molar-refractivity contribution in [1.29, 1.82) is 0 Å². The predicted molar refractivity (Wildman–Crippen MR) is 155 cm³/mol. The molecule has 5 rings (SSSR count). The maximum atomic E-state index is 14.2.